The third kappa shape index (κ3) is 13.4. The molecule has 4 aromatic heterocycles. The van der Waals surface area contributed by atoms with E-state index in [-0.39, 0.29) is 17.7 Å². The number of aromatic amines is 2. The first kappa shape index (κ1) is 44.5. The maximum absolute atomic E-state index is 12.8. The fourth-order valence-corrected chi connectivity index (χ4v) is 6.57. The van der Waals surface area contributed by atoms with Crippen molar-refractivity contribution in [2.45, 2.75) is 90.9 Å². The molecule has 6 heterocycles. The molecule has 0 saturated carbocycles. The molecule has 17 nitrogen and oxygen atoms in total. The van der Waals surface area contributed by atoms with Gasteiger partial charge in [-0.3, -0.25) is 29.4 Å². The van der Waals surface area contributed by atoms with Gasteiger partial charge in [0.1, 0.15) is 17.2 Å². The highest BCUT2D eigenvalue weighted by atomic mass is 16.6. The van der Waals surface area contributed by atoms with Crippen LogP contribution in [-0.4, -0.2) is 118 Å². The minimum absolute atomic E-state index is 0.104. The predicted molar refractivity (Wildman–Crippen MR) is 212 cm³/mol. The Kier molecular flexibility index (Phi) is 15.8. The van der Waals surface area contributed by atoms with Crippen LogP contribution in [0.2, 0.25) is 0 Å². The minimum atomic E-state index is -0.615. The fraction of sp³-hybridized carbons (Fsp3) is 0.550. The summed E-state index contributed by atoms with van der Waals surface area (Å²) in [5, 5.41) is 5.04. The maximum atomic E-state index is 12.8. The van der Waals surface area contributed by atoms with Gasteiger partial charge in [-0.1, -0.05) is 0 Å². The SMILES string of the molecule is COC[C@H]1C[C@@H](C(=O)NCc2cc3cnccc3[nH]2)N(C(=O)OC(C)(C)C)C1.COC[C@H]1C[C@@H](OC=O)N(C(=O)OC(C)(C)C)C1.NCc1cc2cnccc2[nH]1. The summed E-state index contributed by atoms with van der Waals surface area (Å²) in [4.78, 5) is 65.3. The molecule has 4 atom stereocenters. The van der Waals surface area contributed by atoms with Gasteiger partial charge in [0.15, 0.2) is 6.23 Å². The highest BCUT2D eigenvalue weighted by Gasteiger charge is 2.41. The van der Waals surface area contributed by atoms with Gasteiger partial charge in [0.05, 0.1) is 19.8 Å². The molecular weight excluding hydrogens is 736 g/mol. The quantitative estimate of drug-likeness (QED) is 0.125. The van der Waals surface area contributed by atoms with Crippen molar-refractivity contribution in [1.29, 1.82) is 0 Å². The number of aromatic nitrogens is 4. The van der Waals surface area contributed by atoms with E-state index in [9.17, 15) is 19.2 Å². The number of nitrogens with zero attached hydrogens (tertiary/aromatic N) is 4. The number of hydrogen-bond acceptors (Lipinski definition) is 12. The first-order valence-electron chi connectivity index (χ1n) is 18.9. The average molecular weight is 795 g/mol. The Morgan fingerprint density at radius 2 is 1.33 bits per heavy atom. The summed E-state index contributed by atoms with van der Waals surface area (Å²) in [7, 11) is 3.22. The monoisotopic (exact) mass is 794 g/mol. The van der Waals surface area contributed by atoms with Crippen LogP contribution in [0, 0.1) is 11.8 Å². The number of carbonyl (C=O) groups is 4. The van der Waals surface area contributed by atoms with E-state index in [0.717, 1.165) is 33.2 Å². The van der Waals surface area contributed by atoms with E-state index < -0.39 is 35.7 Å². The molecule has 312 valence electrons. The lowest BCUT2D eigenvalue weighted by molar-refractivity contribution is -0.139. The molecule has 17 heteroatoms. The van der Waals surface area contributed by atoms with E-state index in [2.05, 4.69) is 25.3 Å². The van der Waals surface area contributed by atoms with Gasteiger partial charge in [-0.05, 0) is 72.2 Å². The molecule has 0 aliphatic carbocycles. The third-order valence-electron chi connectivity index (χ3n) is 8.93. The second kappa shape index (κ2) is 20.2. The van der Waals surface area contributed by atoms with Crippen molar-refractivity contribution in [3.8, 4) is 0 Å². The van der Waals surface area contributed by atoms with E-state index in [1.807, 2.05) is 51.2 Å². The van der Waals surface area contributed by atoms with Crippen LogP contribution in [0.4, 0.5) is 9.59 Å². The maximum Gasteiger partial charge on any atom is 0.413 e. The number of H-pyrrole nitrogens is 2. The summed E-state index contributed by atoms with van der Waals surface area (Å²) in [5.74, 6) is 0.0705. The van der Waals surface area contributed by atoms with Crippen LogP contribution >= 0.6 is 0 Å². The average Bonchev–Trinajstić information content (AvgIpc) is 3.95. The van der Waals surface area contributed by atoms with Crippen molar-refractivity contribution in [3.63, 3.8) is 0 Å². The summed E-state index contributed by atoms with van der Waals surface area (Å²) in [6.07, 6.45) is 6.71. The van der Waals surface area contributed by atoms with Gasteiger partial charge in [0.2, 0.25) is 5.91 Å². The lowest BCUT2D eigenvalue weighted by Crippen LogP contribution is -2.47. The number of nitrogens with two attached hydrogens (primary N) is 1. The Hall–Kier alpha value is -5.26. The molecule has 4 aromatic rings. The third-order valence-corrected chi connectivity index (χ3v) is 8.93. The normalized spacial score (nSPS) is 19.3. The van der Waals surface area contributed by atoms with Gasteiger partial charge in [0.25, 0.3) is 6.47 Å². The van der Waals surface area contributed by atoms with Crippen LogP contribution < -0.4 is 11.1 Å². The van der Waals surface area contributed by atoms with Crippen molar-refractivity contribution in [2.75, 3.05) is 40.5 Å². The highest BCUT2D eigenvalue weighted by molar-refractivity contribution is 5.86. The van der Waals surface area contributed by atoms with Crippen molar-refractivity contribution < 1.29 is 42.9 Å². The van der Waals surface area contributed by atoms with Crippen molar-refractivity contribution >= 4 is 46.4 Å². The van der Waals surface area contributed by atoms with E-state index in [1.165, 1.54) is 9.80 Å². The predicted octanol–water partition coefficient (Wildman–Crippen LogP) is 4.86. The molecular formula is C40H58N8O9. The summed E-state index contributed by atoms with van der Waals surface area (Å²) >= 11 is 0. The number of fused-ring (bicyclic) bond motifs is 2. The number of carbonyl (C=O) groups excluding carboxylic acids is 4. The molecule has 0 radical (unpaired) electrons. The zero-order valence-corrected chi connectivity index (χ0v) is 34.2. The largest absolute Gasteiger partial charge is 0.444 e. The van der Waals surface area contributed by atoms with E-state index >= 15 is 0 Å². The number of rotatable bonds is 10. The van der Waals surface area contributed by atoms with Gasteiger partial charge in [0, 0.05) is 110 Å². The summed E-state index contributed by atoms with van der Waals surface area (Å²) < 4.78 is 26.0. The number of pyridine rings is 2. The second-order valence-corrected chi connectivity index (χ2v) is 16.0. The Labute approximate surface area is 333 Å². The Morgan fingerprint density at radius 1 is 0.825 bits per heavy atom. The molecule has 5 N–H and O–H groups in total. The van der Waals surface area contributed by atoms with Crippen LogP contribution in [0.15, 0.2) is 49.1 Å². The molecule has 0 unspecified atom stereocenters. The van der Waals surface area contributed by atoms with Crippen LogP contribution in [-0.2, 0) is 46.4 Å². The van der Waals surface area contributed by atoms with E-state index in [4.69, 9.17) is 29.4 Å². The lowest BCUT2D eigenvalue weighted by atomic mass is 10.1. The smallest absolute Gasteiger partial charge is 0.413 e. The summed E-state index contributed by atoms with van der Waals surface area (Å²) in [6.45, 7) is 14.0. The molecule has 2 aliphatic rings. The first-order chi connectivity index (χ1) is 27.0. The minimum Gasteiger partial charge on any atom is -0.444 e. The van der Waals surface area contributed by atoms with Gasteiger partial charge in [-0.2, -0.15) is 0 Å². The topological polar surface area (TPSA) is 216 Å². The van der Waals surface area contributed by atoms with Crippen LogP contribution in [0.3, 0.4) is 0 Å². The molecule has 57 heavy (non-hydrogen) atoms. The second-order valence-electron chi connectivity index (χ2n) is 16.0. The van der Waals surface area contributed by atoms with E-state index in [0.29, 0.717) is 58.7 Å². The van der Waals surface area contributed by atoms with Crippen LogP contribution in [0.1, 0.15) is 65.8 Å². The molecule has 2 fully saturated rings. The first-order valence-corrected chi connectivity index (χ1v) is 18.9. The number of hydrogen-bond donors (Lipinski definition) is 4. The van der Waals surface area contributed by atoms with Gasteiger partial charge >= 0.3 is 12.2 Å². The summed E-state index contributed by atoms with van der Waals surface area (Å²) in [5.41, 5.74) is 8.28. The van der Waals surface area contributed by atoms with E-state index in [1.54, 1.807) is 53.6 Å². The van der Waals surface area contributed by atoms with Crippen molar-refractivity contribution in [3.05, 3.63) is 60.4 Å². The number of nitrogens with one attached hydrogen (secondary N) is 3. The standard InChI is InChI=1S/C20H28N4O4.C12H21NO5.C8H9N3/c1-20(2,3)28-19(26)24-11-13(12-27-4)7-17(24)18(25)22-10-15-8-14-9-21-6-5-16(14)23-15;1-12(2,3)18-11(15)13-6-9(7-16-4)5-10(13)17-8-14;9-4-7-3-6-5-10-2-1-8(6)11-7/h5-6,8-9,13,17,23H,7,10-12H2,1-4H3,(H,22,25);8-10H,5-7H2,1-4H3;1-3,5,11H,4,9H2/t13-,17-;9-,10+;/m00./s1. The molecule has 0 spiro atoms. The molecule has 2 saturated heterocycles. The van der Waals surface area contributed by atoms with Gasteiger partial charge in [-0.25, -0.2) is 9.59 Å². The van der Waals surface area contributed by atoms with Gasteiger partial charge < -0.3 is 44.7 Å². The number of ether oxygens (including phenoxy) is 5. The zero-order chi connectivity index (χ0) is 41.8. The Balaban J connectivity index is 0.000000211. The zero-order valence-electron chi connectivity index (χ0n) is 34.2. The van der Waals surface area contributed by atoms with Gasteiger partial charge in [-0.15, -0.1) is 0 Å². The Morgan fingerprint density at radius 3 is 1.84 bits per heavy atom. The number of likely N-dealkylation sites (tertiary alicyclic amines) is 2. The molecule has 0 bridgehead atoms. The number of methoxy groups -OCH3 is 2. The highest BCUT2D eigenvalue weighted by Crippen LogP contribution is 2.27. The van der Waals surface area contributed by atoms with Crippen LogP contribution in [0.5, 0.6) is 0 Å². The van der Waals surface area contributed by atoms with Crippen LogP contribution in [0.25, 0.3) is 21.8 Å². The molecule has 2 aliphatic heterocycles. The lowest BCUT2D eigenvalue weighted by Gasteiger charge is -2.28. The van der Waals surface area contributed by atoms with Crippen molar-refractivity contribution in [1.82, 2.24) is 35.1 Å². The van der Waals surface area contributed by atoms with Crippen molar-refractivity contribution in [2.24, 2.45) is 17.6 Å². The molecule has 0 aromatic carbocycles. The molecule has 3 amide bonds. The number of amides is 3. The fourth-order valence-electron chi connectivity index (χ4n) is 6.57. The summed E-state index contributed by atoms with van der Waals surface area (Å²) in [6, 6.07) is 7.23. The molecule has 6 rings (SSSR count). The Bertz CT molecular complexity index is 1850.